The molecule has 0 saturated heterocycles. The highest BCUT2D eigenvalue weighted by Gasteiger charge is 2.32. The molecule has 3 N–H and O–H groups in total. The molecule has 190 valence electrons. The molecule has 0 aromatic heterocycles. The van der Waals surface area contributed by atoms with Crippen LogP contribution in [0.4, 0.5) is 10.5 Å². The predicted octanol–water partition coefficient (Wildman–Crippen LogP) is 2.09. The SMILES string of the molecule is COC(=O)C1=C(C)NC(=O)NC1c1ccc(OCC(=O)N/N=C/c2ccc(N(C)C)cc2)c(OC)c1. The topological polar surface area (TPSA) is 131 Å². The van der Waals surface area contributed by atoms with E-state index in [2.05, 4.69) is 21.2 Å². The number of ether oxygens (including phenoxy) is 3. The van der Waals surface area contributed by atoms with Crippen molar-refractivity contribution < 1.29 is 28.6 Å². The van der Waals surface area contributed by atoms with Crippen molar-refractivity contribution in [2.75, 3.05) is 39.8 Å². The van der Waals surface area contributed by atoms with Gasteiger partial charge in [-0.3, -0.25) is 4.79 Å². The zero-order chi connectivity index (χ0) is 26.2. The Balaban J connectivity index is 1.65. The van der Waals surface area contributed by atoms with Crippen molar-refractivity contribution in [1.82, 2.24) is 16.1 Å². The zero-order valence-electron chi connectivity index (χ0n) is 20.7. The lowest BCUT2D eigenvalue weighted by Gasteiger charge is -2.28. The smallest absolute Gasteiger partial charge is 0.337 e. The number of methoxy groups -OCH3 is 2. The van der Waals surface area contributed by atoms with Crippen LogP contribution in [0.5, 0.6) is 11.5 Å². The van der Waals surface area contributed by atoms with E-state index in [1.165, 1.54) is 20.4 Å². The van der Waals surface area contributed by atoms with Crippen molar-refractivity contribution in [2.24, 2.45) is 5.10 Å². The Morgan fingerprint density at radius 2 is 1.83 bits per heavy atom. The van der Waals surface area contributed by atoms with E-state index >= 15 is 0 Å². The van der Waals surface area contributed by atoms with E-state index in [9.17, 15) is 14.4 Å². The van der Waals surface area contributed by atoms with Crippen LogP contribution in [0.3, 0.4) is 0 Å². The molecule has 11 heteroatoms. The van der Waals surface area contributed by atoms with E-state index in [-0.39, 0.29) is 12.2 Å². The second-order valence-electron chi connectivity index (χ2n) is 8.04. The summed E-state index contributed by atoms with van der Waals surface area (Å²) >= 11 is 0. The fourth-order valence-corrected chi connectivity index (χ4v) is 3.52. The molecular weight excluding hydrogens is 466 g/mol. The number of carbonyl (C=O) groups excluding carboxylic acids is 3. The number of nitrogens with zero attached hydrogens (tertiary/aromatic N) is 2. The quantitative estimate of drug-likeness (QED) is 0.276. The summed E-state index contributed by atoms with van der Waals surface area (Å²) in [6.45, 7) is 1.32. The van der Waals surface area contributed by atoms with E-state index in [0.29, 0.717) is 22.8 Å². The minimum absolute atomic E-state index is 0.265. The van der Waals surface area contributed by atoms with Gasteiger partial charge in [-0.2, -0.15) is 5.10 Å². The van der Waals surface area contributed by atoms with Gasteiger partial charge in [0.15, 0.2) is 18.1 Å². The Hall–Kier alpha value is -4.54. The summed E-state index contributed by atoms with van der Waals surface area (Å²) in [6, 6.07) is 11.4. The van der Waals surface area contributed by atoms with Crippen LogP contribution in [0.15, 0.2) is 58.8 Å². The lowest BCUT2D eigenvalue weighted by atomic mass is 9.95. The minimum atomic E-state index is -0.751. The van der Waals surface area contributed by atoms with Crippen LogP contribution in [0.25, 0.3) is 0 Å². The number of hydrazone groups is 1. The largest absolute Gasteiger partial charge is 0.493 e. The van der Waals surface area contributed by atoms with Gasteiger partial charge in [0.25, 0.3) is 5.91 Å². The molecular formula is C25H29N5O6. The number of esters is 1. The van der Waals surface area contributed by atoms with Crippen molar-refractivity contribution in [3.05, 3.63) is 64.9 Å². The number of benzene rings is 2. The summed E-state index contributed by atoms with van der Waals surface area (Å²) in [7, 11) is 6.62. The maximum absolute atomic E-state index is 12.3. The van der Waals surface area contributed by atoms with Gasteiger partial charge in [0, 0.05) is 25.5 Å². The number of rotatable bonds is 9. The average Bonchev–Trinajstić information content (AvgIpc) is 2.86. The molecule has 2 aromatic rings. The van der Waals surface area contributed by atoms with E-state index in [4.69, 9.17) is 14.2 Å². The van der Waals surface area contributed by atoms with Gasteiger partial charge in [-0.15, -0.1) is 0 Å². The first-order valence-electron chi connectivity index (χ1n) is 11.0. The molecule has 3 rings (SSSR count). The maximum Gasteiger partial charge on any atom is 0.337 e. The summed E-state index contributed by atoms with van der Waals surface area (Å²) < 4.78 is 15.9. The molecule has 1 atom stereocenters. The summed E-state index contributed by atoms with van der Waals surface area (Å²) in [4.78, 5) is 38.5. The number of urea groups is 1. The van der Waals surface area contributed by atoms with Crippen molar-refractivity contribution >= 4 is 29.8 Å². The Morgan fingerprint density at radius 3 is 2.47 bits per heavy atom. The maximum atomic E-state index is 12.3. The van der Waals surface area contributed by atoms with E-state index in [1.54, 1.807) is 25.1 Å². The van der Waals surface area contributed by atoms with Crippen molar-refractivity contribution in [3.63, 3.8) is 0 Å². The van der Waals surface area contributed by atoms with Crippen molar-refractivity contribution in [2.45, 2.75) is 13.0 Å². The van der Waals surface area contributed by atoms with Crippen LogP contribution in [-0.4, -0.2) is 59.0 Å². The molecule has 0 fully saturated rings. The minimum Gasteiger partial charge on any atom is -0.493 e. The van der Waals surface area contributed by atoms with E-state index in [0.717, 1.165) is 11.3 Å². The molecule has 0 radical (unpaired) electrons. The molecule has 11 nitrogen and oxygen atoms in total. The third-order valence-corrected chi connectivity index (χ3v) is 5.37. The molecule has 1 unspecified atom stereocenters. The zero-order valence-corrected chi connectivity index (χ0v) is 20.7. The fourth-order valence-electron chi connectivity index (χ4n) is 3.52. The van der Waals surface area contributed by atoms with Crippen LogP contribution >= 0.6 is 0 Å². The lowest BCUT2D eigenvalue weighted by Crippen LogP contribution is -2.45. The second kappa shape index (κ2) is 11.7. The highest BCUT2D eigenvalue weighted by Crippen LogP contribution is 2.34. The Kier molecular flexibility index (Phi) is 8.50. The van der Waals surface area contributed by atoms with E-state index in [1.807, 2.05) is 43.3 Å². The Morgan fingerprint density at radius 1 is 1.11 bits per heavy atom. The van der Waals surface area contributed by atoms with Crippen molar-refractivity contribution in [3.8, 4) is 11.5 Å². The molecule has 0 spiro atoms. The standard InChI is InChI=1S/C25H29N5O6/c1-15-22(24(32)35-5)23(28-25(33)27-15)17-8-11-19(20(12-17)34-4)36-14-21(31)29-26-13-16-6-9-18(10-7-16)30(2)3/h6-13,23H,14H2,1-5H3,(H,29,31)(H2,27,28,33)/b26-13+. The van der Waals surface area contributed by atoms with Crippen LogP contribution < -0.4 is 30.4 Å². The summed E-state index contributed by atoms with van der Waals surface area (Å²) in [5.74, 6) is -0.408. The van der Waals surface area contributed by atoms with Gasteiger partial charge in [-0.05, 0) is 42.3 Å². The fraction of sp³-hybridized carbons (Fsp3) is 0.280. The normalized spacial score (nSPS) is 15.1. The van der Waals surface area contributed by atoms with Crippen LogP contribution in [0.2, 0.25) is 0 Å². The number of allylic oxidation sites excluding steroid dienone is 1. The molecule has 0 aliphatic carbocycles. The van der Waals surface area contributed by atoms with Gasteiger partial charge >= 0.3 is 12.0 Å². The van der Waals surface area contributed by atoms with Gasteiger partial charge in [0.1, 0.15) is 0 Å². The van der Waals surface area contributed by atoms with Gasteiger partial charge in [0.2, 0.25) is 0 Å². The highest BCUT2D eigenvalue weighted by atomic mass is 16.5. The molecule has 36 heavy (non-hydrogen) atoms. The number of amides is 3. The van der Waals surface area contributed by atoms with Crippen LogP contribution in [0.1, 0.15) is 24.1 Å². The number of nitrogens with one attached hydrogen (secondary N) is 3. The number of hydrogen-bond acceptors (Lipinski definition) is 8. The number of hydrogen-bond donors (Lipinski definition) is 3. The predicted molar refractivity (Wildman–Crippen MR) is 134 cm³/mol. The first-order valence-corrected chi connectivity index (χ1v) is 11.0. The highest BCUT2D eigenvalue weighted by molar-refractivity contribution is 5.95. The number of anilines is 1. The molecule has 1 heterocycles. The Bertz CT molecular complexity index is 1190. The molecule has 1 aliphatic heterocycles. The third-order valence-electron chi connectivity index (χ3n) is 5.37. The van der Waals surface area contributed by atoms with Gasteiger partial charge in [0.05, 0.1) is 32.0 Å². The van der Waals surface area contributed by atoms with Crippen LogP contribution in [0, 0.1) is 0 Å². The third kappa shape index (κ3) is 6.32. The first kappa shape index (κ1) is 26.1. The van der Waals surface area contributed by atoms with Crippen molar-refractivity contribution in [1.29, 1.82) is 0 Å². The second-order valence-corrected chi connectivity index (χ2v) is 8.04. The lowest BCUT2D eigenvalue weighted by molar-refractivity contribution is -0.136. The molecule has 0 saturated carbocycles. The summed E-state index contributed by atoms with van der Waals surface area (Å²) in [5, 5.41) is 9.22. The first-order chi connectivity index (χ1) is 17.2. The molecule has 0 bridgehead atoms. The van der Waals surface area contributed by atoms with Gasteiger partial charge < -0.3 is 29.7 Å². The average molecular weight is 496 g/mol. The van der Waals surface area contributed by atoms with E-state index < -0.39 is 23.9 Å². The Labute approximate surface area is 209 Å². The summed E-state index contributed by atoms with van der Waals surface area (Å²) in [6.07, 6.45) is 1.54. The van der Waals surface area contributed by atoms with Gasteiger partial charge in [-0.1, -0.05) is 18.2 Å². The molecule has 1 aliphatic rings. The number of carbonyl (C=O) groups is 3. The molecule has 2 aromatic carbocycles. The monoisotopic (exact) mass is 495 g/mol. The van der Waals surface area contributed by atoms with Gasteiger partial charge in [-0.25, -0.2) is 15.0 Å². The van der Waals surface area contributed by atoms with Crippen LogP contribution in [-0.2, 0) is 14.3 Å². The summed E-state index contributed by atoms with van der Waals surface area (Å²) in [5.41, 5.74) is 5.53. The molecule has 3 amide bonds.